The topological polar surface area (TPSA) is 74.4 Å². The molecule has 13 heteroatoms. The van der Waals surface area contributed by atoms with E-state index in [9.17, 15) is 34.8 Å². The van der Waals surface area contributed by atoms with Gasteiger partial charge in [-0.05, 0) is 86.7 Å². The molecule has 6 nitrogen and oxygen atoms in total. The van der Waals surface area contributed by atoms with Crippen LogP contribution in [0.25, 0.3) is 10.9 Å². The van der Waals surface area contributed by atoms with Gasteiger partial charge in [0, 0.05) is 41.9 Å². The van der Waals surface area contributed by atoms with Crippen LogP contribution in [0.5, 0.6) is 0 Å². The molecule has 3 heterocycles. The van der Waals surface area contributed by atoms with Crippen LogP contribution in [0.15, 0.2) is 18.2 Å². The summed E-state index contributed by atoms with van der Waals surface area (Å²) in [4.78, 5) is 5.48. The van der Waals surface area contributed by atoms with Gasteiger partial charge in [0.05, 0.1) is 5.56 Å². The van der Waals surface area contributed by atoms with E-state index >= 15 is 0 Å². The molecule has 1 aromatic heterocycles. The second-order valence-corrected chi connectivity index (χ2v) is 12.6. The van der Waals surface area contributed by atoms with E-state index in [1.165, 1.54) is 12.1 Å². The Morgan fingerprint density at radius 1 is 1.16 bits per heavy atom. The molecule has 2 aromatic rings. The van der Waals surface area contributed by atoms with Crippen LogP contribution in [0, 0.1) is 11.8 Å². The molecule has 0 unspecified atom stereocenters. The lowest BCUT2D eigenvalue weighted by atomic mass is 9.68. The summed E-state index contributed by atoms with van der Waals surface area (Å²) >= 11 is 0. The number of rotatable bonds is 5. The summed E-state index contributed by atoms with van der Waals surface area (Å²) in [5, 5.41) is 0.584. The van der Waals surface area contributed by atoms with Gasteiger partial charge in [-0.3, -0.25) is 0 Å². The molecule has 0 radical (unpaired) electrons. The molecular formula is C25H31F6N3O3S. The number of sulfonamides is 1. The molecule has 212 valence electrons. The predicted molar refractivity (Wildman–Crippen MR) is 129 cm³/mol. The molecule has 38 heavy (non-hydrogen) atoms. The van der Waals surface area contributed by atoms with E-state index in [0.717, 1.165) is 36.7 Å². The first-order valence-corrected chi connectivity index (χ1v) is 14.3. The van der Waals surface area contributed by atoms with E-state index in [1.807, 2.05) is 11.6 Å². The van der Waals surface area contributed by atoms with Crippen LogP contribution in [0.1, 0.15) is 55.3 Å². The highest BCUT2D eigenvalue weighted by atomic mass is 32.2. The molecular weight excluding hydrogens is 536 g/mol. The Bertz CT molecular complexity index is 1280. The van der Waals surface area contributed by atoms with Crippen molar-refractivity contribution in [2.45, 2.75) is 62.2 Å². The zero-order valence-electron chi connectivity index (χ0n) is 20.9. The molecule has 0 saturated carbocycles. The van der Waals surface area contributed by atoms with Gasteiger partial charge in [-0.2, -0.15) is 26.3 Å². The molecule has 0 amide bonds. The number of alkyl halides is 6. The number of H-pyrrole nitrogens is 1. The van der Waals surface area contributed by atoms with E-state index in [0.29, 0.717) is 29.9 Å². The van der Waals surface area contributed by atoms with Crippen molar-refractivity contribution in [2.75, 3.05) is 32.8 Å². The van der Waals surface area contributed by atoms with E-state index in [1.54, 1.807) is 0 Å². The van der Waals surface area contributed by atoms with Crippen LogP contribution in [0.4, 0.5) is 26.3 Å². The molecule has 2 aliphatic heterocycles. The molecule has 2 saturated heterocycles. The third-order valence-electron chi connectivity index (χ3n) is 8.71. The predicted octanol–water partition coefficient (Wildman–Crippen LogP) is 5.16. The van der Waals surface area contributed by atoms with Crippen LogP contribution in [0.3, 0.4) is 0 Å². The number of fused-ring (bicyclic) bond motifs is 4. The lowest BCUT2D eigenvalue weighted by molar-refractivity contribution is -0.137. The molecule has 0 bridgehead atoms. The monoisotopic (exact) mass is 567 g/mol. The Morgan fingerprint density at radius 3 is 2.53 bits per heavy atom. The zero-order chi connectivity index (χ0) is 27.5. The van der Waals surface area contributed by atoms with Crippen LogP contribution in [-0.2, 0) is 27.4 Å². The molecule has 3 atom stereocenters. The van der Waals surface area contributed by atoms with Gasteiger partial charge in [-0.15, -0.1) is 0 Å². The molecule has 3 aliphatic rings. The first-order chi connectivity index (χ1) is 17.7. The fourth-order valence-electron chi connectivity index (χ4n) is 6.61. The number of likely N-dealkylation sites (tertiary alicyclic amines) is 1. The molecule has 0 spiro atoms. The number of piperidine rings is 1. The number of benzene rings is 1. The number of nitrogens with one attached hydrogen (secondary N) is 2. The summed E-state index contributed by atoms with van der Waals surface area (Å²) in [5.74, 6) is 0.497. The quantitative estimate of drug-likeness (QED) is 0.490. The number of aromatic nitrogens is 1. The van der Waals surface area contributed by atoms with Gasteiger partial charge in [0.2, 0.25) is 0 Å². The maximum absolute atomic E-state index is 13.4. The van der Waals surface area contributed by atoms with Gasteiger partial charge < -0.3 is 14.6 Å². The number of hydrogen-bond acceptors (Lipinski definition) is 4. The summed E-state index contributed by atoms with van der Waals surface area (Å²) in [5.41, 5.74) is -4.74. The van der Waals surface area contributed by atoms with E-state index in [4.69, 9.17) is 4.74 Å². The van der Waals surface area contributed by atoms with Crippen molar-refractivity contribution < 1.29 is 39.5 Å². The Hall–Kier alpha value is -1.83. The SMILES string of the molecule is C[C@H]1c2c([nH]c3ccc(C(F)(F)F)cc23)C[C@H]2CCN(CCC3(NS(=O)(=O)C(F)(F)F)CCOCC3)C[C@@H]21. The first-order valence-electron chi connectivity index (χ1n) is 12.8. The summed E-state index contributed by atoms with van der Waals surface area (Å²) in [6.45, 7) is 4.16. The fraction of sp³-hybridized carbons (Fsp3) is 0.680. The minimum Gasteiger partial charge on any atom is -0.381 e. The number of hydrogen-bond donors (Lipinski definition) is 2. The lowest BCUT2D eigenvalue weighted by Gasteiger charge is -2.46. The largest absolute Gasteiger partial charge is 0.511 e. The van der Waals surface area contributed by atoms with Crippen molar-refractivity contribution in [1.29, 1.82) is 0 Å². The summed E-state index contributed by atoms with van der Waals surface area (Å²) < 4.78 is 111. The van der Waals surface area contributed by atoms with Gasteiger partial charge in [0.15, 0.2) is 0 Å². The summed E-state index contributed by atoms with van der Waals surface area (Å²) in [7, 11) is -5.51. The van der Waals surface area contributed by atoms with Crippen molar-refractivity contribution in [2.24, 2.45) is 11.8 Å². The first kappa shape index (κ1) is 27.7. The minimum absolute atomic E-state index is 0.00967. The third kappa shape index (κ3) is 5.18. The number of aromatic amines is 1. The van der Waals surface area contributed by atoms with Crippen molar-refractivity contribution in [1.82, 2.24) is 14.6 Å². The average Bonchev–Trinajstić information content (AvgIpc) is 3.20. The second-order valence-electron chi connectivity index (χ2n) is 11.0. The maximum atomic E-state index is 13.4. The van der Waals surface area contributed by atoms with Gasteiger partial charge in [0.25, 0.3) is 0 Å². The van der Waals surface area contributed by atoms with E-state index in [-0.39, 0.29) is 44.3 Å². The number of ether oxygens (including phenoxy) is 1. The standard InChI is InChI=1S/C25H31F6N3O3S/c1-15-19-14-34(9-5-23(6-10-37-11-7-23)33-38(35,36)25(29,30)31)8-4-16(19)12-21-22(15)18-13-17(24(26,27)28)2-3-20(18)32-21/h2-3,13,15-16,19,32-33H,4-12,14H2,1H3/t15-,16-,19-/m1/s1. The molecule has 2 N–H and O–H groups in total. The second kappa shape index (κ2) is 9.67. The molecule has 1 aromatic carbocycles. The van der Waals surface area contributed by atoms with Crippen LogP contribution >= 0.6 is 0 Å². The van der Waals surface area contributed by atoms with E-state index < -0.39 is 32.8 Å². The number of halogens is 6. The maximum Gasteiger partial charge on any atom is 0.511 e. The van der Waals surface area contributed by atoms with Gasteiger partial charge in [-0.25, -0.2) is 13.1 Å². The number of nitrogens with zero attached hydrogens (tertiary/aromatic N) is 1. The summed E-state index contributed by atoms with van der Waals surface area (Å²) in [6.07, 6.45) is -2.33. The Kier molecular flexibility index (Phi) is 7.05. The molecule has 2 fully saturated rings. The van der Waals surface area contributed by atoms with Gasteiger partial charge in [-0.1, -0.05) is 6.92 Å². The highest BCUT2D eigenvalue weighted by Gasteiger charge is 2.50. The van der Waals surface area contributed by atoms with E-state index in [2.05, 4.69) is 9.88 Å². The Morgan fingerprint density at radius 2 is 1.87 bits per heavy atom. The third-order valence-corrected chi connectivity index (χ3v) is 10.0. The minimum atomic E-state index is -5.51. The Balaban J connectivity index is 1.33. The Labute approximate surface area is 217 Å². The molecule has 5 rings (SSSR count). The normalized spacial score (nSPS) is 26.8. The van der Waals surface area contributed by atoms with Crippen molar-refractivity contribution in [3.63, 3.8) is 0 Å². The fourth-order valence-corrected chi connectivity index (χ4v) is 7.60. The van der Waals surface area contributed by atoms with Crippen molar-refractivity contribution in [3.8, 4) is 0 Å². The highest BCUT2D eigenvalue weighted by molar-refractivity contribution is 7.90. The molecule has 1 aliphatic carbocycles. The van der Waals surface area contributed by atoms with Gasteiger partial charge >= 0.3 is 21.7 Å². The average molecular weight is 568 g/mol. The van der Waals surface area contributed by atoms with Crippen molar-refractivity contribution in [3.05, 3.63) is 35.0 Å². The lowest BCUT2D eigenvalue weighted by Crippen LogP contribution is -2.56. The van der Waals surface area contributed by atoms with Crippen LogP contribution in [0.2, 0.25) is 0 Å². The van der Waals surface area contributed by atoms with Gasteiger partial charge in [0.1, 0.15) is 0 Å². The summed E-state index contributed by atoms with van der Waals surface area (Å²) in [6, 6.07) is 3.78. The van der Waals surface area contributed by atoms with Crippen molar-refractivity contribution >= 4 is 20.9 Å². The zero-order valence-corrected chi connectivity index (χ0v) is 21.7. The smallest absolute Gasteiger partial charge is 0.381 e. The van der Waals surface area contributed by atoms with Crippen LogP contribution in [-0.4, -0.2) is 62.2 Å². The van der Waals surface area contributed by atoms with Crippen LogP contribution < -0.4 is 4.72 Å². The highest BCUT2D eigenvalue weighted by Crippen LogP contribution is 2.47.